The van der Waals surface area contributed by atoms with Crippen LogP contribution >= 0.6 is 0 Å². The van der Waals surface area contributed by atoms with E-state index in [1.807, 2.05) is 0 Å². The summed E-state index contributed by atoms with van der Waals surface area (Å²) in [7, 11) is 0. The van der Waals surface area contributed by atoms with Gasteiger partial charge in [0.05, 0.1) is 12.6 Å². The minimum absolute atomic E-state index is 0.0190. The first-order valence-corrected chi connectivity index (χ1v) is 6.85. The number of aliphatic hydroxyl groups excluding tert-OH is 1. The van der Waals surface area contributed by atoms with Crippen LogP contribution in [-0.2, 0) is 11.2 Å². The zero-order valence-electron chi connectivity index (χ0n) is 11.0. The van der Waals surface area contributed by atoms with Gasteiger partial charge in [0, 0.05) is 13.0 Å². The highest BCUT2D eigenvalue weighted by molar-refractivity contribution is 5.77. The second-order valence-corrected chi connectivity index (χ2v) is 5.05. The van der Waals surface area contributed by atoms with Gasteiger partial charge in [0.15, 0.2) is 0 Å². The molecule has 1 atom stereocenters. The summed E-state index contributed by atoms with van der Waals surface area (Å²) in [6, 6.07) is 6.23. The lowest BCUT2D eigenvalue weighted by atomic mass is 10.0. The lowest BCUT2D eigenvalue weighted by Gasteiger charge is -2.34. The van der Waals surface area contributed by atoms with Crippen molar-refractivity contribution in [2.24, 2.45) is 0 Å². The van der Waals surface area contributed by atoms with Crippen molar-refractivity contribution in [3.8, 4) is 0 Å². The van der Waals surface area contributed by atoms with Gasteiger partial charge in [-0.3, -0.25) is 4.79 Å². The second kappa shape index (κ2) is 6.66. The highest BCUT2D eigenvalue weighted by atomic mass is 19.1. The number of nitrogens with zero attached hydrogens (tertiary/aromatic N) is 1. The average Bonchev–Trinajstić information content (AvgIpc) is 2.46. The molecule has 1 fully saturated rings. The molecular formula is C15H20FNO2. The van der Waals surface area contributed by atoms with E-state index in [2.05, 4.69) is 0 Å². The summed E-state index contributed by atoms with van der Waals surface area (Å²) in [5, 5.41) is 9.29. The predicted molar refractivity (Wildman–Crippen MR) is 71.2 cm³/mol. The molecule has 1 aliphatic heterocycles. The number of rotatable bonds is 4. The summed E-state index contributed by atoms with van der Waals surface area (Å²) in [4.78, 5) is 13.9. The predicted octanol–water partition coefficient (Wildman–Crippen LogP) is 2.13. The molecule has 1 N–H and O–H groups in total. The number of likely N-dealkylation sites (tertiary alicyclic amines) is 1. The molecule has 1 aromatic carbocycles. The lowest BCUT2D eigenvalue weighted by Crippen LogP contribution is -2.45. The largest absolute Gasteiger partial charge is 0.394 e. The van der Waals surface area contributed by atoms with Gasteiger partial charge in [-0.25, -0.2) is 4.39 Å². The Hall–Kier alpha value is -1.42. The second-order valence-electron chi connectivity index (χ2n) is 5.05. The Labute approximate surface area is 113 Å². The van der Waals surface area contributed by atoms with Crippen LogP contribution in [0.2, 0.25) is 0 Å². The molecule has 19 heavy (non-hydrogen) atoms. The summed E-state index contributed by atoms with van der Waals surface area (Å²) in [6.07, 6.45) is 4.01. The summed E-state index contributed by atoms with van der Waals surface area (Å²) < 4.78 is 12.8. The SMILES string of the molecule is O=C(CCc1ccc(F)cc1)N1CCCCC1CO. The molecule has 0 saturated carbocycles. The van der Waals surface area contributed by atoms with Crippen molar-refractivity contribution in [1.29, 1.82) is 0 Å². The Morgan fingerprint density at radius 3 is 2.74 bits per heavy atom. The van der Waals surface area contributed by atoms with Crippen LogP contribution < -0.4 is 0 Å². The number of aliphatic hydroxyl groups is 1. The summed E-state index contributed by atoms with van der Waals surface area (Å²) in [6.45, 7) is 0.787. The maximum atomic E-state index is 12.8. The maximum Gasteiger partial charge on any atom is 0.223 e. The molecule has 0 bridgehead atoms. The van der Waals surface area contributed by atoms with Crippen LogP contribution in [0.1, 0.15) is 31.2 Å². The number of amides is 1. The summed E-state index contributed by atoms with van der Waals surface area (Å²) >= 11 is 0. The van der Waals surface area contributed by atoms with Crippen LogP contribution in [-0.4, -0.2) is 35.1 Å². The molecule has 1 aliphatic rings. The molecule has 3 nitrogen and oxygen atoms in total. The van der Waals surface area contributed by atoms with Crippen LogP contribution in [0.5, 0.6) is 0 Å². The van der Waals surface area contributed by atoms with E-state index in [4.69, 9.17) is 0 Å². The van der Waals surface area contributed by atoms with Crippen molar-refractivity contribution < 1.29 is 14.3 Å². The third kappa shape index (κ3) is 3.77. The first kappa shape index (κ1) is 14.0. The molecule has 0 aliphatic carbocycles. The Kier molecular flexibility index (Phi) is 4.91. The first-order valence-electron chi connectivity index (χ1n) is 6.85. The van der Waals surface area contributed by atoms with E-state index in [0.717, 1.165) is 31.4 Å². The Bertz CT molecular complexity index is 419. The van der Waals surface area contributed by atoms with E-state index in [9.17, 15) is 14.3 Å². The van der Waals surface area contributed by atoms with Gasteiger partial charge in [0.2, 0.25) is 5.91 Å². The molecule has 1 aromatic rings. The monoisotopic (exact) mass is 265 g/mol. The molecular weight excluding hydrogens is 245 g/mol. The molecule has 104 valence electrons. The fourth-order valence-electron chi connectivity index (χ4n) is 2.56. The van der Waals surface area contributed by atoms with Gasteiger partial charge < -0.3 is 10.0 Å². The smallest absolute Gasteiger partial charge is 0.223 e. The zero-order chi connectivity index (χ0) is 13.7. The van der Waals surface area contributed by atoms with Crippen molar-refractivity contribution in [2.75, 3.05) is 13.2 Å². The molecule has 1 heterocycles. The van der Waals surface area contributed by atoms with E-state index in [0.29, 0.717) is 12.8 Å². The summed E-state index contributed by atoms with van der Waals surface area (Å²) in [5.41, 5.74) is 0.965. The van der Waals surface area contributed by atoms with Crippen LogP contribution in [0, 0.1) is 5.82 Å². The molecule has 1 amide bonds. The molecule has 1 unspecified atom stereocenters. The zero-order valence-corrected chi connectivity index (χ0v) is 11.0. The molecule has 4 heteroatoms. The number of piperidine rings is 1. The number of hydrogen-bond donors (Lipinski definition) is 1. The minimum atomic E-state index is -0.258. The highest BCUT2D eigenvalue weighted by Gasteiger charge is 2.25. The third-order valence-corrected chi connectivity index (χ3v) is 3.70. The van der Waals surface area contributed by atoms with Gasteiger partial charge >= 0.3 is 0 Å². The Morgan fingerprint density at radius 1 is 1.32 bits per heavy atom. The van der Waals surface area contributed by atoms with E-state index in [1.54, 1.807) is 17.0 Å². The molecule has 0 radical (unpaired) electrons. The van der Waals surface area contributed by atoms with E-state index >= 15 is 0 Å². The Balaban J connectivity index is 1.87. The van der Waals surface area contributed by atoms with Crippen molar-refractivity contribution in [3.05, 3.63) is 35.6 Å². The first-order chi connectivity index (χ1) is 9.20. The third-order valence-electron chi connectivity index (χ3n) is 3.70. The lowest BCUT2D eigenvalue weighted by molar-refractivity contribution is -0.135. The van der Waals surface area contributed by atoms with E-state index in [-0.39, 0.29) is 24.4 Å². The number of aryl methyl sites for hydroxylation is 1. The van der Waals surface area contributed by atoms with E-state index in [1.165, 1.54) is 12.1 Å². The molecule has 0 spiro atoms. The van der Waals surface area contributed by atoms with Crippen LogP contribution in [0.3, 0.4) is 0 Å². The van der Waals surface area contributed by atoms with Crippen molar-refractivity contribution >= 4 is 5.91 Å². The van der Waals surface area contributed by atoms with Gasteiger partial charge in [-0.1, -0.05) is 12.1 Å². The number of benzene rings is 1. The Morgan fingerprint density at radius 2 is 2.05 bits per heavy atom. The topological polar surface area (TPSA) is 40.5 Å². The molecule has 0 aromatic heterocycles. The van der Waals surface area contributed by atoms with E-state index < -0.39 is 0 Å². The minimum Gasteiger partial charge on any atom is -0.394 e. The van der Waals surface area contributed by atoms with Crippen LogP contribution in [0.15, 0.2) is 24.3 Å². The van der Waals surface area contributed by atoms with Gasteiger partial charge in [-0.15, -0.1) is 0 Å². The standard InChI is InChI=1S/C15H20FNO2/c16-13-7-4-12(5-8-13)6-9-15(19)17-10-2-1-3-14(17)11-18/h4-5,7-8,14,18H,1-3,6,9-11H2. The van der Waals surface area contributed by atoms with Gasteiger partial charge in [-0.05, 0) is 43.4 Å². The molecule has 2 rings (SSSR count). The quantitative estimate of drug-likeness (QED) is 0.906. The normalized spacial score (nSPS) is 19.5. The fraction of sp³-hybridized carbons (Fsp3) is 0.533. The van der Waals surface area contributed by atoms with Gasteiger partial charge in [0.1, 0.15) is 5.82 Å². The fourth-order valence-corrected chi connectivity index (χ4v) is 2.56. The number of carbonyl (C=O) groups is 1. The van der Waals surface area contributed by atoms with Gasteiger partial charge in [-0.2, -0.15) is 0 Å². The molecule has 1 saturated heterocycles. The van der Waals surface area contributed by atoms with Crippen LogP contribution in [0.25, 0.3) is 0 Å². The van der Waals surface area contributed by atoms with Crippen molar-refractivity contribution in [1.82, 2.24) is 4.90 Å². The summed E-state index contributed by atoms with van der Waals surface area (Å²) in [5.74, 6) is -0.172. The average molecular weight is 265 g/mol. The highest BCUT2D eigenvalue weighted by Crippen LogP contribution is 2.18. The number of hydrogen-bond acceptors (Lipinski definition) is 2. The van der Waals surface area contributed by atoms with Gasteiger partial charge in [0.25, 0.3) is 0 Å². The van der Waals surface area contributed by atoms with Crippen LogP contribution in [0.4, 0.5) is 4.39 Å². The number of carbonyl (C=O) groups excluding carboxylic acids is 1. The van der Waals surface area contributed by atoms with Crippen molar-refractivity contribution in [3.63, 3.8) is 0 Å². The maximum absolute atomic E-state index is 12.8. The number of halogens is 1. The van der Waals surface area contributed by atoms with Crippen molar-refractivity contribution in [2.45, 2.75) is 38.1 Å².